The van der Waals surface area contributed by atoms with Crippen LogP contribution in [0.1, 0.15) is 64.0 Å². The second-order valence-electron chi connectivity index (χ2n) is 11.7. The van der Waals surface area contributed by atoms with Crippen molar-refractivity contribution in [2.24, 2.45) is 0 Å². The molecule has 1 unspecified atom stereocenters. The Morgan fingerprint density at radius 2 is 1.36 bits per heavy atom. The fourth-order valence-electron chi connectivity index (χ4n) is 5.74. The van der Waals surface area contributed by atoms with Crippen LogP contribution in [0.15, 0.2) is 126 Å². The van der Waals surface area contributed by atoms with Crippen molar-refractivity contribution in [2.75, 3.05) is 22.6 Å². The van der Waals surface area contributed by atoms with E-state index in [0.29, 0.717) is 38.2 Å². The molecule has 266 valence electrons. The molecule has 0 bridgehead atoms. The number of benzene rings is 5. The third kappa shape index (κ3) is 8.30. The van der Waals surface area contributed by atoms with Gasteiger partial charge in [-0.25, -0.2) is 9.59 Å². The van der Waals surface area contributed by atoms with Crippen molar-refractivity contribution in [3.8, 4) is 0 Å². The lowest BCUT2D eigenvalue weighted by Crippen LogP contribution is -2.20. The number of carboxylic acids is 1. The molecular formula is C41H33N3O7S2. The highest BCUT2D eigenvalue weighted by Crippen LogP contribution is 2.40. The molecule has 1 atom stereocenters. The van der Waals surface area contributed by atoms with Gasteiger partial charge >= 0.3 is 11.9 Å². The van der Waals surface area contributed by atoms with Gasteiger partial charge in [-0.15, -0.1) is 23.1 Å². The average molecular weight is 744 g/mol. The number of carbonyl (C=O) groups excluding carboxylic acids is 4. The highest BCUT2D eigenvalue weighted by Gasteiger charge is 2.30. The van der Waals surface area contributed by atoms with Crippen LogP contribution in [-0.2, 0) is 9.53 Å². The van der Waals surface area contributed by atoms with Gasteiger partial charge in [0.15, 0.2) is 0 Å². The van der Waals surface area contributed by atoms with Crippen LogP contribution in [0.3, 0.4) is 0 Å². The number of para-hydroxylation sites is 1. The number of hydrogen-bond donors (Lipinski definition) is 4. The van der Waals surface area contributed by atoms with Crippen molar-refractivity contribution >= 4 is 79.9 Å². The van der Waals surface area contributed by atoms with Crippen LogP contribution in [0, 0.1) is 6.92 Å². The number of fused-ring (bicyclic) bond motifs is 1. The molecule has 4 N–H and O–H groups in total. The zero-order valence-corrected chi connectivity index (χ0v) is 30.2. The minimum atomic E-state index is -1.14. The van der Waals surface area contributed by atoms with E-state index in [9.17, 15) is 29.1 Å². The zero-order valence-electron chi connectivity index (χ0n) is 28.5. The maximum Gasteiger partial charge on any atom is 0.341 e. The molecule has 0 aliphatic rings. The fourth-order valence-corrected chi connectivity index (χ4v) is 7.92. The smallest absolute Gasteiger partial charge is 0.341 e. The SMILES string of the molecule is CCOC(=O)c1c(NC(=O)C(Sc2cccc(NC(=O)c3cccc4cccc(C(=O)O)c34)c2)c2ccccc2)sc(C(=O)Nc2ccccc2)c1C. The maximum absolute atomic E-state index is 14.2. The lowest BCUT2D eigenvalue weighted by atomic mass is 9.98. The molecule has 0 aliphatic carbocycles. The van der Waals surface area contributed by atoms with E-state index in [1.807, 2.05) is 36.4 Å². The van der Waals surface area contributed by atoms with E-state index in [0.717, 1.165) is 11.3 Å². The van der Waals surface area contributed by atoms with Crippen molar-refractivity contribution in [1.29, 1.82) is 0 Å². The summed E-state index contributed by atoms with van der Waals surface area (Å²) in [4.78, 5) is 67.1. The first-order valence-corrected chi connectivity index (χ1v) is 18.2. The number of thiophene rings is 1. The molecule has 6 aromatic rings. The van der Waals surface area contributed by atoms with Gasteiger partial charge in [-0.2, -0.15) is 0 Å². The molecule has 0 fully saturated rings. The summed E-state index contributed by atoms with van der Waals surface area (Å²) < 4.78 is 5.32. The van der Waals surface area contributed by atoms with Crippen LogP contribution in [0.5, 0.6) is 0 Å². The van der Waals surface area contributed by atoms with Crippen molar-refractivity contribution in [1.82, 2.24) is 0 Å². The van der Waals surface area contributed by atoms with Crippen molar-refractivity contribution in [3.05, 3.63) is 154 Å². The van der Waals surface area contributed by atoms with Crippen LogP contribution in [0.4, 0.5) is 16.4 Å². The van der Waals surface area contributed by atoms with Crippen LogP contribution in [-0.4, -0.2) is 41.4 Å². The van der Waals surface area contributed by atoms with Gasteiger partial charge in [-0.05, 0) is 72.8 Å². The second kappa shape index (κ2) is 16.4. The number of carbonyl (C=O) groups is 5. The molecule has 0 spiro atoms. The number of carboxylic acid groups (broad SMARTS) is 1. The van der Waals surface area contributed by atoms with Crippen LogP contribution in [0.2, 0.25) is 0 Å². The Morgan fingerprint density at radius 1 is 0.736 bits per heavy atom. The third-order valence-corrected chi connectivity index (χ3v) is 10.6. The van der Waals surface area contributed by atoms with Gasteiger partial charge in [0.25, 0.3) is 11.8 Å². The van der Waals surface area contributed by atoms with Crippen molar-refractivity contribution < 1.29 is 33.8 Å². The predicted octanol–water partition coefficient (Wildman–Crippen LogP) is 9.06. The molecule has 0 saturated carbocycles. The fraction of sp³-hybridized carbons (Fsp3) is 0.0976. The molecule has 1 heterocycles. The summed E-state index contributed by atoms with van der Waals surface area (Å²) in [5.74, 6) is -3.17. The summed E-state index contributed by atoms with van der Waals surface area (Å²) in [5, 5.41) is 18.7. The molecule has 0 radical (unpaired) electrons. The Kier molecular flexibility index (Phi) is 11.3. The van der Waals surface area contributed by atoms with Crippen LogP contribution < -0.4 is 16.0 Å². The highest BCUT2D eigenvalue weighted by atomic mass is 32.2. The molecule has 0 saturated heterocycles. The standard InChI is InChI=1S/C41H33N3O7S2/c1-3-51-41(50)32-24(2)34(37(46)42-27-17-8-5-9-18-27)53-39(32)44-38(47)35(26-13-6-4-7-14-26)52-29-20-12-19-28(23-29)43-36(45)30-21-10-15-25-16-11-22-31(33(25)30)40(48)49/h4-23,35H,3H2,1-2H3,(H,42,46)(H,43,45)(H,44,47)(H,48,49). The van der Waals surface area contributed by atoms with Gasteiger partial charge in [-0.1, -0.05) is 78.9 Å². The van der Waals surface area contributed by atoms with Gasteiger partial charge in [0.05, 0.1) is 22.6 Å². The quantitative estimate of drug-likeness (QED) is 0.0716. The van der Waals surface area contributed by atoms with E-state index in [1.165, 1.54) is 17.8 Å². The van der Waals surface area contributed by atoms with Crippen molar-refractivity contribution in [3.63, 3.8) is 0 Å². The molecule has 10 nitrogen and oxygen atoms in total. The van der Waals surface area contributed by atoms with E-state index < -0.39 is 34.9 Å². The monoisotopic (exact) mass is 743 g/mol. The molecular weight excluding hydrogens is 711 g/mol. The largest absolute Gasteiger partial charge is 0.478 e. The van der Waals surface area contributed by atoms with Gasteiger partial charge in [-0.3, -0.25) is 14.4 Å². The number of nitrogens with one attached hydrogen (secondary N) is 3. The zero-order chi connectivity index (χ0) is 37.5. The molecule has 3 amide bonds. The Bertz CT molecular complexity index is 2340. The molecule has 6 rings (SSSR count). The number of anilines is 3. The third-order valence-electron chi connectivity index (χ3n) is 8.17. The molecule has 12 heteroatoms. The molecule has 53 heavy (non-hydrogen) atoms. The first kappa shape index (κ1) is 36.5. The van der Waals surface area contributed by atoms with Gasteiger partial charge < -0.3 is 25.8 Å². The summed E-state index contributed by atoms with van der Waals surface area (Å²) in [6, 6.07) is 34.8. The van der Waals surface area contributed by atoms with Gasteiger partial charge in [0.2, 0.25) is 5.91 Å². The number of amides is 3. The Morgan fingerprint density at radius 3 is 2.04 bits per heavy atom. The highest BCUT2D eigenvalue weighted by molar-refractivity contribution is 8.00. The summed E-state index contributed by atoms with van der Waals surface area (Å²) in [7, 11) is 0. The number of rotatable bonds is 12. The van der Waals surface area contributed by atoms with E-state index in [2.05, 4.69) is 16.0 Å². The Labute approximate surface area is 313 Å². The van der Waals surface area contributed by atoms with Crippen LogP contribution >= 0.6 is 23.1 Å². The first-order chi connectivity index (χ1) is 25.6. The number of ether oxygens (including phenoxy) is 1. The van der Waals surface area contributed by atoms with Crippen LogP contribution in [0.25, 0.3) is 10.8 Å². The van der Waals surface area contributed by atoms with E-state index in [4.69, 9.17) is 4.74 Å². The average Bonchev–Trinajstić information content (AvgIpc) is 3.49. The number of esters is 1. The predicted molar refractivity (Wildman–Crippen MR) is 208 cm³/mol. The maximum atomic E-state index is 14.2. The van der Waals surface area contributed by atoms with Gasteiger partial charge in [0.1, 0.15) is 10.3 Å². The van der Waals surface area contributed by atoms with Gasteiger partial charge in [0, 0.05) is 27.2 Å². The molecule has 5 aromatic carbocycles. The Balaban J connectivity index is 1.28. The van der Waals surface area contributed by atoms with E-state index in [1.54, 1.807) is 92.7 Å². The lowest BCUT2D eigenvalue weighted by molar-refractivity contribution is -0.115. The number of thioether (sulfide) groups is 1. The lowest BCUT2D eigenvalue weighted by Gasteiger charge is -2.18. The van der Waals surface area contributed by atoms with Crippen molar-refractivity contribution in [2.45, 2.75) is 24.0 Å². The summed E-state index contributed by atoms with van der Waals surface area (Å²) in [6.07, 6.45) is 0. The first-order valence-electron chi connectivity index (χ1n) is 16.5. The number of hydrogen-bond acceptors (Lipinski definition) is 8. The van der Waals surface area contributed by atoms with E-state index in [-0.39, 0.29) is 33.2 Å². The molecule has 0 aliphatic heterocycles. The summed E-state index contributed by atoms with van der Waals surface area (Å²) in [5.41, 5.74) is 2.40. The molecule has 1 aromatic heterocycles. The Hall–Kier alpha value is -6.24. The number of aromatic carboxylic acids is 1. The topological polar surface area (TPSA) is 151 Å². The summed E-state index contributed by atoms with van der Waals surface area (Å²) >= 11 is 2.21. The minimum absolute atomic E-state index is 0.0188. The second-order valence-corrected chi connectivity index (χ2v) is 13.9. The van der Waals surface area contributed by atoms with E-state index >= 15 is 0 Å². The minimum Gasteiger partial charge on any atom is -0.478 e. The summed E-state index contributed by atoms with van der Waals surface area (Å²) in [6.45, 7) is 3.42. The normalized spacial score (nSPS) is 11.4.